The minimum Gasteiger partial charge on any atom is -0.458 e. The number of carbonyl (C=O) groups excluding carboxylic acids is 1. The Morgan fingerprint density at radius 1 is 1.31 bits per heavy atom. The molecule has 0 bridgehead atoms. The standard InChI is InChI=1S/C12H16N2O2/c1-7-11(9(3)16-6-15)14-12(8(2)13-7)10-4-5-10/h6,9-10H,4-5H2,1-3H3. The highest BCUT2D eigenvalue weighted by atomic mass is 16.5. The van der Waals surface area contributed by atoms with Crippen LogP contribution in [0.15, 0.2) is 0 Å². The molecule has 2 rings (SSSR count). The van der Waals surface area contributed by atoms with Gasteiger partial charge in [0.05, 0.1) is 17.1 Å². The number of hydrogen-bond acceptors (Lipinski definition) is 4. The molecule has 0 saturated heterocycles. The van der Waals surface area contributed by atoms with Gasteiger partial charge in [-0.25, -0.2) is 4.98 Å². The molecule has 4 heteroatoms. The molecular formula is C12H16N2O2. The van der Waals surface area contributed by atoms with Crippen LogP contribution in [0.25, 0.3) is 0 Å². The summed E-state index contributed by atoms with van der Waals surface area (Å²) in [4.78, 5) is 19.4. The molecule has 0 radical (unpaired) electrons. The Hall–Kier alpha value is -1.45. The summed E-state index contributed by atoms with van der Waals surface area (Å²) >= 11 is 0. The van der Waals surface area contributed by atoms with Crippen LogP contribution in [-0.4, -0.2) is 16.4 Å². The first-order valence-electron chi connectivity index (χ1n) is 5.57. The molecular weight excluding hydrogens is 204 g/mol. The van der Waals surface area contributed by atoms with E-state index in [1.165, 1.54) is 12.8 Å². The van der Waals surface area contributed by atoms with Crippen LogP contribution < -0.4 is 0 Å². The van der Waals surface area contributed by atoms with Gasteiger partial charge in [0.2, 0.25) is 0 Å². The molecule has 1 aliphatic carbocycles. The predicted octanol–water partition coefficient (Wildman–Crippen LogP) is 2.20. The molecule has 4 nitrogen and oxygen atoms in total. The summed E-state index contributed by atoms with van der Waals surface area (Å²) in [5, 5.41) is 0. The molecule has 1 aliphatic rings. The monoisotopic (exact) mass is 220 g/mol. The summed E-state index contributed by atoms with van der Waals surface area (Å²) in [5.74, 6) is 0.565. The zero-order valence-corrected chi connectivity index (χ0v) is 9.86. The van der Waals surface area contributed by atoms with E-state index in [-0.39, 0.29) is 6.10 Å². The second-order valence-electron chi connectivity index (χ2n) is 4.31. The first kappa shape index (κ1) is 11.0. The summed E-state index contributed by atoms with van der Waals surface area (Å²) in [7, 11) is 0. The second-order valence-corrected chi connectivity index (χ2v) is 4.31. The first-order chi connectivity index (χ1) is 7.63. The van der Waals surface area contributed by atoms with Crippen LogP contribution in [0.2, 0.25) is 0 Å². The number of hydrogen-bond donors (Lipinski definition) is 0. The van der Waals surface area contributed by atoms with Gasteiger partial charge in [0.1, 0.15) is 11.8 Å². The van der Waals surface area contributed by atoms with E-state index >= 15 is 0 Å². The molecule has 1 aromatic heterocycles. The lowest BCUT2D eigenvalue weighted by Crippen LogP contribution is -2.09. The van der Waals surface area contributed by atoms with Crippen molar-refractivity contribution in [3.63, 3.8) is 0 Å². The zero-order valence-electron chi connectivity index (χ0n) is 9.86. The van der Waals surface area contributed by atoms with Crippen molar-refractivity contribution in [1.29, 1.82) is 0 Å². The topological polar surface area (TPSA) is 52.1 Å². The van der Waals surface area contributed by atoms with Crippen molar-refractivity contribution in [2.24, 2.45) is 0 Å². The second kappa shape index (κ2) is 4.20. The number of aromatic nitrogens is 2. The third-order valence-corrected chi connectivity index (χ3v) is 2.93. The molecule has 1 aromatic rings. The fourth-order valence-electron chi connectivity index (χ4n) is 1.93. The SMILES string of the molecule is Cc1nc(C)c(C(C)OC=O)nc1C1CC1. The molecule has 1 unspecified atom stereocenters. The maximum atomic E-state index is 10.3. The van der Waals surface area contributed by atoms with E-state index in [9.17, 15) is 4.79 Å². The van der Waals surface area contributed by atoms with Crippen molar-refractivity contribution < 1.29 is 9.53 Å². The van der Waals surface area contributed by atoms with Crippen molar-refractivity contribution in [3.05, 3.63) is 22.8 Å². The molecule has 16 heavy (non-hydrogen) atoms. The summed E-state index contributed by atoms with van der Waals surface area (Å²) in [6.45, 7) is 6.17. The van der Waals surface area contributed by atoms with Crippen LogP contribution in [-0.2, 0) is 9.53 Å². The van der Waals surface area contributed by atoms with Gasteiger partial charge < -0.3 is 4.74 Å². The lowest BCUT2D eigenvalue weighted by molar-refractivity contribution is -0.133. The highest BCUT2D eigenvalue weighted by molar-refractivity contribution is 5.38. The van der Waals surface area contributed by atoms with Crippen LogP contribution in [0.1, 0.15) is 54.6 Å². The van der Waals surface area contributed by atoms with Crippen molar-refractivity contribution in [2.45, 2.75) is 45.6 Å². The van der Waals surface area contributed by atoms with Gasteiger partial charge in [0.15, 0.2) is 0 Å². The first-order valence-corrected chi connectivity index (χ1v) is 5.57. The highest BCUT2D eigenvalue weighted by Gasteiger charge is 2.28. The van der Waals surface area contributed by atoms with Crippen LogP contribution >= 0.6 is 0 Å². The summed E-state index contributed by atoms with van der Waals surface area (Å²) in [6.07, 6.45) is 2.07. The van der Waals surface area contributed by atoms with E-state index in [1.807, 2.05) is 20.8 Å². The fourth-order valence-corrected chi connectivity index (χ4v) is 1.93. The molecule has 0 spiro atoms. The zero-order chi connectivity index (χ0) is 11.7. The Kier molecular flexibility index (Phi) is 2.90. The largest absolute Gasteiger partial charge is 0.458 e. The van der Waals surface area contributed by atoms with E-state index in [2.05, 4.69) is 9.97 Å². The maximum absolute atomic E-state index is 10.3. The van der Waals surface area contributed by atoms with Gasteiger partial charge in [-0.1, -0.05) is 0 Å². The fraction of sp³-hybridized carbons (Fsp3) is 0.583. The van der Waals surface area contributed by atoms with Gasteiger partial charge in [-0.05, 0) is 33.6 Å². The summed E-state index contributed by atoms with van der Waals surface area (Å²) in [5.41, 5.74) is 3.69. The van der Waals surface area contributed by atoms with Crippen molar-refractivity contribution in [1.82, 2.24) is 9.97 Å². The summed E-state index contributed by atoms with van der Waals surface area (Å²) in [6, 6.07) is 0. The van der Waals surface area contributed by atoms with E-state index < -0.39 is 0 Å². The van der Waals surface area contributed by atoms with Gasteiger partial charge in [-0.3, -0.25) is 9.78 Å². The van der Waals surface area contributed by atoms with Gasteiger partial charge in [0, 0.05) is 5.92 Å². The minimum atomic E-state index is -0.317. The molecule has 0 aromatic carbocycles. The maximum Gasteiger partial charge on any atom is 0.293 e. The Labute approximate surface area is 95.1 Å². The Bertz CT molecular complexity index is 414. The quantitative estimate of drug-likeness (QED) is 0.730. The van der Waals surface area contributed by atoms with Gasteiger partial charge in [0.25, 0.3) is 6.47 Å². The van der Waals surface area contributed by atoms with Gasteiger partial charge >= 0.3 is 0 Å². The Balaban J connectivity index is 2.36. The highest BCUT2D eigenvalue weighted by Crippen LogP contribution is 2.40. The normalized spacial score (nSPS) is 16.9. The van der Waals surface area contributed by atoms with Gasteiger partial charge in [-0.2, -0.15) is 0 Å². The van der Waals surface area contributed by atoms with Crippen LogP contribution in [0.3, 0.4) is 0 Å². The molecule has 1 atom stereocenters. The van der Waals surface area contributed by atoms with Crippen LogP contribution in [0, 0.1) is 13.8 Å². The Morgan fingerprint density at radius 2 is 2.00 bits per heavy atom. The average molecular weight is 220 g/mol. The number of carbonyl (C=O) groups is 1. The van der Waals surface area contributed by atoms with E-state index in [0.717, 1.165) is 22.8 Å². The average Bonchev–Trinajstić information content (AvgIpc) is 3.01. The number of rotatable bonds is 4. The number of aryl methyl sites for hydroxylation is 2. The van der Waals surface area contributed by atoms with E-state index in [4.69, 9.17) is 4.74 Å². The number of nitrogens with zero attached hydrogens (tertiary/aromatic N) is 2. The van der Waals surface area contributed by atoms with Crippen molar-refractivity contribution in [3.8, 4) is 0 Å². The Morgan fingerprint density at radius 3 is 2.56 bits per heavy atom. The van der Waals surface area contributed by atoms with Crippen LogP contribution in [0.5, 0.6) is 0 Å². The van der Waals surface area contributed by atoms with Gasteiger partial charge in [-0.15, -0.1) is 0 Å². The summed E-state index contributed by atoms with van der Waals surface area (Å²) < 4.78 is 4.92. The van der Waals surface area contributed by atoms with E-state index in [0.29, 0.717) is 12.4 Å². The molecule has 0 N–H and O–H groups in total. The lowest BCUT2D eigenvalue weighted by atomic mass is 10.1. The third-order valence-electron chi connectivity index (χ3n) is 2.93. The molecule has 0 amide bonds. The molecule has 1 fully saturated rings. The van der Waals surface area contributed by atoms with Crippen molar-refractivity contribution >= 4 is 6.47 Å². The third kappa shape index (κ3) is 2.05. The molecule has 0 aliphatic heterocycles. The lowest BCUT2D eigenvalue weighted by Gasteiger charge is -2.14. The smallest absolute Gasteiger partial charge is 0.293 e. The molecule has 1 heterocycles. The van der Waals surface area contributed by atoms with Crippen molar-refractivity contribution in [2.75, 3.05) is 0 Å². The molecule has 86 valence electrons. The number of ether oxygens (including phenoxy) is 1. The molecule has 1 saturated carbocycles. The van der Waals surface area contributed by atoms with E-state index in [1.54, 1.807) is 0 Å². The van der Waals surface area contributed by atoms with Crippen LogP contribution in [0.4, 0.5) is 0 Å². The minimum absolute atomic E-state index is 0.317. The predicted molar refractivity (Wildman–Crippen MR) is 59.0 cm³/mol.